The molecule has 1 heterocycles. The van der Waals surface area contributed by atoms with E-state index in [-0.39, 0.29) is 24.1 Å². The predicted molar refractivity (Wildman–Crippen MR) is 101 cm³/mol. The molecule has 0 unspecified atom stereocenters. The Hall–Kier alpha value is -1.75. The summed E-state index contributed by atoms with van der Waals surface area (Å²) in [5.74, 6) is 2.00. The maximum Gasteiger partial charge on any atom is 0.251 e. The number of anilines is 1. The molecule has 0 aromatic heterocycles. The van der Waals surface area contributed by atoms with E-state index in [1.54, 1.807) is 0 Å². The molecular formula is C22H27FN2O2. The Morgan fingerprint density at radius 1 is 1.00 bits per heavy atom. The highest BCUT2D eigenvalue weighted by Gasteiger charge is 2.50. The van der Waals surface area contributed by atoms with Gasteiger partial charge in [-0.05, 0) is 98.9 Å². The standard InChI is InChI=1S/C22H27FN2O2/c23-17-1-3-18(4-2-17)25-20(26)10-19(21(25)27)24-6-5-22-11-14-7-15(12-22)9-16(8-14)13-22/h1-4,14-16,19,24H,5-13H2/t14?,15?,16?,19-,22?/m0/s1. The predicted octanol–water partition coefficient (Wildman–Crippen LogP) is 3.65. The summed E-state index contributed by atoms with van der Waals surface area (Å²) in [4.78, 5) is 26.2. The molecule has 0 radical (unpaired) electrons. The highest BCUT2D eigenvalue weighted by Crippen LogP contribution is 2.61. The largest absolute Gasteiger partial charge is 0.305 e. The molecule has 4 nitrogen and oxygen atoms in total. The summed E-state index contributed by atoms with van der Waals surface area (Å²) in [5, 5.41) is 3.36. The van der Waals surface area contributed by atoms with Crippen LogP contribution in [0.2, 0.25) is 0 Å². The van der Waals surface area contributed by atoms with Gasteiger partial charge in [0.1, 0.15) is 5.82 Å². The van der Waals surface area contributed by atoms with Crippen molar-refractivity contribution in [3.8, 4) is 0 Å². The van der Waals surface area contributed by atoms with Crippen molar-refractivity contribution in [1.29, 1.82) is 0 Å². The number of carbonyl (C=O) groups excluding carboxylic acids is 2. The SMILES string of the molecule is O=C1C[C@H](NCCC23CC4CC(CC(C4)C2)C3)C(=O)N1c1ccc(F)cc1. The van der Waals surface area contributed by atoms with E-state index in [0.717, 1.165) is 30.7 Å². The van der Waals surface area contributed by atoms with Crippen LogP contribution < -0.4 is 10.2 Å². The Bertz CT molecular complexity index is 725. The van der Waals surface area contributed by atoms with E-state index in [0.29, 0.717) is 11.1 Å². The highest BCUT2D eigenvalue weighted by atomic mass is 19.1. The third kappa shape index (κ3) is 3.10. The van der Waals surface area contributed by atoms with Crippen LogP contribution in [-0.2, 0) is 9.59 Å². The molecular weight excluding hydrogens is 343 g/mol. The molecule has 5 fully saturated rings. The molecule has 27 heavy (non-hydrogen) atoms. The van der Waals surface area contributed by atoms with Gasteiger partial charge in [-0.3, -0.25) is 9.59 Å². The number of hydrogen-bond donors (Lipinski definition) is 1. The van der Waals surface area contributed by atoms with E-state index in [2.05, 4.69) is 5.32 Å². The van der Waals surface area contributed by atoms with Crippen LogP contribution in [0.5, 0.6) is 0 Å². The number of rotatable bonds is 5. The van der Waals surface area contributed by atoms with Crippen molar-refractivity contribution in [1.82, 2.24) is 5.32 Å². The van der Waals surface area contributed by atoms with Crippen molar-refractivity contribution in [2.24, 2.45) is 23.2 Å². The van der Waals surface area contributed by atoms with Crippen LogP contribution in [0, 0.1) is 29.0 Å². The second kappa shape index (κ2) is 6.40. The van der Waals surface area contributed by atoms with Crippen LogP contribution in [0.3, 0.4) is 0 Å². The molecule has 6 rings (SSSR count). The minimum Gasteiger partial charge on any atom is -0.305 e. The van der Waals surface area contributed by atoms with Gasteiger partial charge in [0.2, 0.25) is 5.91 Å². The molecule has 0 spiro atoms. The van der Waals surface area contributed by atoms with Gasteiger partial charge in [0.05, 0.1) is 18.2 Å². The van der Waals surface area contributed by atoms with Gasteiger partial charge in [-0.1, -0.05) is 0 Å². The van der Waals surface area contributed by atoms with Crippen molar-refractivity contribution in [3.63, 3.8) is 0 Å². The van der Waals surface area contributed by atoms with Crippen LogP contribution in [0.4, 0.5) is 10.1 Å². The molecule has 2 amide bonds. The topological polar surface area (TPSA) is 49.4 Å². The van der Waals surface area contributed by atoms with Crippen LogP contribution in [0.15, 0.2) is 24.3 Å². The van der Waals surface area contributed by atoms with Crippen molar-refractivity contribution in [3.05, 3.63) is 30.1 Å². The molecule has 1 aliphatic heterocycles. The number of amides is 2. The third-order valence-corrected chi connectivity index (χ3v) is 7.44. The first-order valence-corrected chi connectivity index (χ1v) is 10.4. The van der Waals surface area contributed by atoms with E-state index in [1.165, 1.54) is 67.7 Å². The number of benzene rings is 1. The van der Waals surface area contributed by atoms with Gasteiger partial charge in [-0.25, -0.2) is 9.29 Å². The van der Waals surface area contributed by atoms with Crippen molar-refractivity contribution < 1.29 is 14.0 Å². The van der Waals surface area contributed by atoms with Crippen LogP contribution in [0.1, 0.15) is 51.4 Å². The molecule has 1 N–H and O–H groups in total. The van der Waals surface area contributed by atoms with Crippen molar-refractivity contribution in [2.45, 2.75) is 57.4 Å². The molecule has 5 heteroatoms. The molecule has 1 saturated heterocycles. The lowest BCUT2D eigenvalue weighted by Gasteiger charge is -2.57. The average Bonchev–Trinajstić information content (AvgIpc) is 2.88. The molecule has 1 aromatic rings. The van der Waals surface area contributed by atoms with Crippen molar-refractivity contribution in [2.75, 3.05) is 11.4 Å². The van der Waals surface area contributed by atoms with Gasteiger partial charge in [0.15, 0.2) is 0 Å². The lowest BCUT2D eigenvalue weighted by atomic mass is 9.49. The number of hydrogen-bond acceptors (Lipinski definition) is 3. The maximum atomic E-state index is 13.1. The highest BCUT2D eigenvalue weighted by molar-refractivity contribution is 6.22. The number of nitrogens with zero attached hydrogens (tertiary/aromatic N) is 1. The Kier molecular flexibility index (Phi) is 4.12. The zero-order chi connectivity index (χ0) is 18.6. The van der Waals surface area contributed by atoms with Gasteiger partial charge < -0.3 is 5.32 Å². The van der Waals surface area contributed by atoms with Crippen LogP contribution in [-0.4, -0.2) is 24.4 Å². The summed E-state index contributed by atoms with van der Waals surface area (Å²) in [5.41, 5.74) is 0.932. The molecule has 4 saturated carbocycles. The second-order valence-corrected chi connectivity index (χ2v) is 9.42. The van der Waals surface area contributed by atoms with E-state index in [9.17, 15) is 14.0 Å². The first kappa shape index (κ1) is 17.4. The normalized spacial score (nSPS) is 37.4. The smallest absolute Gasteiger partial charge is 0.251 e. The zero-order valence-electron chi connectivity index (χ0n) is 15.6. The summed E-state index contributed by atoms with van der Waals surface area (Å²) in [6.45, 7) is 0.799. The van der Waals surface area contributed by atoms with Gasteiger partial charge >= 0.3 is 0 Å². The Morgan fingerprint density at radius 3 is 2.19 bits per heavy atom. The van der Waals surface area contributed by atoms with Crippen LogP contribution >= 0.6 is 0 Å². The minimum absolute atomic E-state index is 0.192. The lowest BCUT2D eigenvalue weighted by molar-refractivity contribution is -0.121. The Morgan fingerprint density at radius 2 is 1.59 bits per heavy atom. The lowest BCUT2D eigenvalue weighted by Crippen LogP contribution is -2.48. The summed E-state index contributed by atoms with van der Waals surface area (Å²) >= 11 is 0. The van der Waals surface area contributed by atoms with E-state index in [4.69, 9.17) is 0 Å². The summed E-state index contributed by atoms with van der Waals surface area (Å²) in [7, 11) is 0. The molecule has 1 atom stereocenters. The fourth-order valence-corrected chi connectivity index (χ4v) is 6.76. The van der Waals surface area contributed by atoms with E-state index < -0.39 is 6.04 Å². The number of nitrogens with one attached hydrogen (secondary N) is 1. The summed E-state index contributed by atoms with van der Waals surface area (Å²) < 4.78 is 13.1. The van der Waals surface area contributed by atoms with Gasteiger partial charge in [-0.2, -0.15) is 0 Å². The monoisotopic (exact) mass is 370 g/mol. The molecule has 4 bridgehead atoms. The molecule has 1 aromatic carbocycles. The number of halogens is 1. The third-order valence-electron chi connectivity index (χ3n) is 7.44. The Labute approximate surface area is 159 Å². The van der Waals surface area contributed by atoms with Gasteiger partial charge in [0, 0.05) is 0 Å². The maximum absolute atomic E-state index is 13.1. The number of carbonyl (C=O) groups is 2. The fourth-order valence-electron chi connectivity index (χ4n) is 6.76. The molecule has 144 valence electrons. The van der Waals surface area contributed by atoms with Crippen LogP contribution in [0.25, 0.3) is 0 Å². The average molecular weight is 370 g/mol. The Balaban J connectivity index is 1.20. The summed E-state index contributed by atoms with van der Waals surface area (Å²) in [6, 6.07) is 5.09. The first-order chi connectivity index (χ1) is 13.0. The first-order valence-electron chi connectivity index (χ1n) is 10.4. The fraction of sp³-hybridized carbons (Fsp3) is 0.636. The molecule has 5 aliphatic rings. The summed E-state index contributed by atoms with van der Waals surface area (Å²) in [6.07, 6.45) is 9.71. The van der Waals surface area contributed by atoms with E-state index >= 15 is 0 Å². The quantitative estimate of drug-likeness (QED) is 0.805. The second-order valence-electron chi connectivity index (χ2n) is 9.42. The minimum atomic E-state index is -0.448. The number of imide groups is 1. The van der Waals surface area contributed by atoms with Gasteiger partial charge in [0.25, 0.3) is 5.91 Å². The van der Waals surface area contributed by atoms with Crippen molar-refractivity contribution >= 4 is 17.5 Å². The van der Waals surface area contributed by atoms with E-state index in [1.807, 2.05) is 0 Å². The molecule has 4 aliphatic carbocycles. The zero-order valence-corrected chi connectivity index (χ0v) is 15.6. The van der Waals surface area contributed by atoms with Gasteiger partial charge in [-0.15, -0.1) is 0 Å².